The van der Waals surface area contributed by atoms with E-state index in [9.17, 15) is 0 Å². The highest BCUT2D eigenvalue weighted by Crippen LogP contribution is 2.43. The van der Waals surface area contributed by atoms with Gasteiger partial charge in [-0.15, -0.1) is 0 Å². The number of nitrogens with one attached hydrogen (secondary N) is 1. The van der Waals surface area contributed by atoms with E-state index in [0.717, 1.165) is 19.1 Å². The molecule has 2 fully saturated rings. The Morgan fingerprint density at radius 2 is 2.17 bits per heavy atom. The van der Waals surface area contributed by atoms with Crippen molar-refractivity contribution in [3.63, 3.8) is 0 Å². The smallest absolute Gasteiger partial charge is 0.0685 e. The van der Waals surface area contributed by atoms with Crippen LogP contribution in [-0.4, -0.2) is 36.8 Å². The van der Waals surface area contributed by atoms with Gasteiger partial charge in [0.05, 0.1) is 5.60 Å². The predicted molar refractivity (Wildman–Crippen MR) is 80.3 cm³/mol. The molecule has 0 amide bonds. The minimum Gasteiger partial charge on any atom is -0.375 e. The zero-order valence-corrected chi connectivity index (χ0v) is 12.9. The van der Waals surface area contributed by atoms with E-state index in [2.05, 4.69) is 18.5 Å². The van der Waals surface area contributed by atoms with Crippen molar-refractivity contribution in [2.24, 2.45) is 5.92 Å². The van der Waals surface area contributed by atoms with Crippen LogP contribution in [0.2, 0.25) is 0 Å². The zero-order chi connectivity index (χ0) is 12.8. The van der Waals surface area contributed by atoms with Gasteiger partial charge >= 0.3 is 0 Å². The molecule has 3 heteroatoms. The van der Waals surface area contributed by atoms with Crippen molar-refractivity contribution in [1.29, 1.82) is 0 Å². The predicted octanol–water partition coefficient (Wildman–Crippen LogP) is 3.46. The third-order valence-electron chi connectivity index (χ3n) is 4.71. The van der Waals surface area contributed by atoms with Crippen LogP contribution in [0.1, 0.15) is 51.9 Å². The van der Waals surface area contributed by atoms with Crippen molar-refractivity contribution in [2.75, 3.05) is 25.2 Å². The van der Waals surface area contributed by atoms with E-state index in [4.69, 9.17) is 4.74 Å². The molecule has 2 rings (SSSR count). The number of hydrogen-bond acceptors (Lipinski definition) is 3. The molecule has 1 saturated heterocycles. The fourth-order valence-electron chi connectivity index (χ4n) is 3.79. The lowest BCUT2D eigenvalue weighted by Gasteiger charge is -2.41. The summed E-state index contributed by atoms with van der Waals surface area (Å²) in [6.45, 7) is 4.33. The first kappa shape index (κ1) is 14.7. The molecule has 2 atom stereocenters. The van der Waals surface area contributed by atoms with Crippen molar-refractivity contribution in [1.82, 2.24) is 5.32 Å². The molecule has 106 valence electrons. The van der Waals surface area contributed by atoms with Gasteiger partial charge in [0.25, 0.3) is 0 Å². The van der Waals surface area contributed by atoms with Crippen LogP contribution in [0.25, 0.3) is 0 Å². The molecule has 1 aliphatic carbocycles. The summed E-state index contributed by atoms with van der Waals surface area (Å²) in [5.41, 5.74) is 0.274. The molecule has 2 unspecified atom stereocenters. The lowest BCUT2D eigenvalue weighted by Crippen LogP contribution is -2.46. The molecule has 0 aromatic heterocycles. The Balaban J connectivity index is 1.91. The minimum atomic E-state index is 0.274. The molecule has 1 aliphatic heterocycles. The zero-order valence-electron chi connectivity index (χ0n) is 12.0. The SMILES string of the molecule is CCNC(CCSC)C1CCOC2(CCCC2)C1. The molecule has 0 radical (unpaired) electrons. The molecule has 1 spiro atoms. The summed E-state index contributed by atoms with van der Waals surface area (Å²) >= 11 is 1.97. The van der Waals surface area contributed by atoms with Gasteiger partial charge in [0, 0.05) is 12.6 Å². The van der Waals surface area contributed by atoms with Gasteiger partial charge in [-0.25, -0.2) is 0 Å². The second kappa shape index (κ2) is 7.16. The van der Waals surface area contributed by atoms with E-state index in [-0.39, 0.29) is 5.60 Å². The average Bonchev–Trinajstić information content (AvgIpc) is 2.82. The van der Waals surface area contributed by atoms with Gasteiger partial charge < -0.3 is 10.1 Å². The van der Waals surface area contributed by atoms with Crippen molar-refractivity contribution >= 4 is 11.8 Å². The Morgan fingerprint density at radius 3 is 2.83 bits per heavy atom. The Kier molecular flexibility index (Phi) is 5.84. The fourth-order valence-corrected chi connectivity index (χ4v) is 4.28. The highest BCUT2D eigenvalue weighted by molar-refractivity contribution is 7.98. The van der Waals surface area contributed by atoms with Crippen molar-refractivity contribution < 1.29 is 4.74 Å². The molecule has 18 heavy (non-hydrogen) atoms. The van der Waals surface area contributed by atoms with Gasteiger partial charge in [-0.3, -0.25) is 0 Å². The summed E-state index contributed by atoms with van der Waals surface area (Å²) in [7, 11) is 0. The van der Waals surface area contributed by atoms with E-state index in [1.807, 2.05) is 11.8 Å². The quantitative estimate of drug-likeness (QED) is 0.799. The van der Waals surface area contributed by atoms with Gasteiger partial charge in [0.1, 0.15) is 0 Å². The first-order chi connectivity index (χ1) is 8.79. The Labute approximate surface area is 117 Å². The molecular formula is C15H29NOS. The maximum Gasteiger partial charge on any atom is 0.0685 e. The summed E-state index contributed by atoms with van der Waals surface area (Å²) in [5, 5.41) is 3.72. The third kappa shape index (κ3) is 3.64. The summed E-state index contributed by atoms with van der Waals surface area (Å²) in [4.78, 5) is 0. The molecule has 0 aromatic carbocycles. The Hall–Kier alpha value is 0.270. The van der Waals surface area contributed by atoms with Gasteiger partial charge in [0.2, 0.25) is 0 Å². The Morgan fingerprint density at radius 1 is 1.39 bits per heavy atom. The summed E-state index contributed by atoms with van der Waals surface area (Å²) in [6, 6.07) is 0.712. The molecule has 2 nitrogen and oxygen atoms in total. The van der Waals surface area contributed by atoms with Crippen molar-refractivity contribution in [2.45, 2.75) is 63.5 Å². The second-order valence-corrected chi connectivity index (χ2v) is 6.92. The summed E-state index contributed by atoms with van der Waals surface area (Å²) in [5.74, 6) is 2.12. The van der Waals surface area contributed by atoms with Crippen LogP contribution in [0.4, 0.5) is 0 Å². The highest BCUT2D eigenvalue weighted by atomic mass is 32.2. The Bertz CT molecular complexity index is 241. The topological polar surface area (TPSA) is 21.3 Å². The van der Waals surface area contributed by atoms with Gasteiger partial charge in [0.15, 0.2) is 0 Å². The van der Waals surface area contributed by atoms with Gasteiger partial charge in [-0.05, 0) is 56.6 Å². The molecule has 0 bridgehead atoms. The first-order valence-corrected chi connectivity index (χ1v) is 9.05. The summed E-state index contributed by atoms with van der Waals surface area (Å²) in [6.07, 6.45) is 11.5. The number of ether oxygens (including phenoxy) is 1. The lowest BCUT2D eigenvalue weighted by molar-refractivity contribution is -0.0979. The number of rotatable bonds is 6. The van der Waals surface area contributed by atoms with Gasteiger partial charge in [-0.2, -0.15) is 11.8 Å². The largest absolute Gasteiger partial charge is 0.375 e. The van der Waals surface area contributed by atoms with E-state index in [0.29, 0.717) is 6.04 Å². The van der Waals surface area contributed by atoms with Crippen LogP contribution in [-0.2, 0) is 4.74 Å². The molecule has 1 saturated carbocycles. The van der Waals surface area contributed by atoms with Crippen molar-refractivity contribution in [3.8, 4) is 0 Å². The standard InChI is InChI=1S/C15H29NOS/c1-3-16-14(7-11-18-2)13-6-10-17-15(12-13)8-4-5-9-15/h13-14,16H,3-12H2,1-2H3. The third-order valence-corrected chi connectivity index (χ3v) is 5.36. The van der Waals surface area contributed by atoms with E-state index >= 15 is 0 Å². The van der Waals surface area contributed by atoms with Crippen LogP contribution in [0.3, 0.4) is 0 Å². The molecule has 2 aliphatic rings. The first-order valence-electron chi connectivity index (χ1n) is 7.66. The molecule has 1 heterocycles. The highest BCUT2D eigenvalue weighted by Gasteiger charge is 2.41. The average molecular weight is 271 g/mol. The van der Waals surface area contributed by atoms with Crippen LogP contribution >= 0.6 is 11.8 Å². The molecular weight excluding hydrogens is 242 g/mol. The molecule has 0 aromatic rings. The summed E-state index contributed by atoms with van der Waals surface area (Å²) < 4.78 is 6.16. The van der Waals surface area contributed by atoms with E-state index in [1.54, 1.807) is 0 Å². The number of hydrogen-bond donors (Lipinski definition) is 1. The van der Waals surface area contributed by atoms with Gasteiger partial charge in [-0.1, -0.05) is 19.8 Å². The lowest BCUT2D eigenvalue weighted by atomic mass is 9.80. The van der Waals surface area contributed by atoms with Crippen molar-refractivity contribution in [3.05, 3.63) is 0 Å². The fraction of sp³-hybridized carbons (Fsp3) is 1.00. The maximum absolute atomic E-state index is 6.16. The number of thioether (sulfide) groups is 1. The minimum absolute atomic E-state index is 0.274. The van der Waals surface area contributed by atoms with Crippen LogP contribution in [0.15, 0.2) is 0 Å². The monoisotopic (exact) mass is 271 g/mol. The van der Waals surface area contributed by atoms with Crippen LogP contribution in [0, 0.1) is 5.92 Å². The van der Waals surface area contributed by atoms with Crippen LogP contribution < -0.4 is 5.32 Å². The van der Waals surface area contributed by atoms with E-state index < -0.39 is 0 Å². The van der Waals surface area contributed by atoms with E-state index in [1.165, 1.54) is 50.7 Å². The second-order valence-electron chi connectivity index (χ2n) is 5.94. The van der Waals surface area contributed by atoms with Crippen LogP contribution in [0.5, 0.6) is 0 Å². The normalized spacial score (nSPS) is 28.7. The maximum atomic E-state index is 6.16. The molecule has 1 N–H and O–H groups in total.